The molecule has 0 aromatic rings. The van der Waals surface area contributed by atoms with Crippen LogP contribution in [0.2, 0.25) is 0 Å². The molecule has 0 saturated heterocycles. The van der Waals surface area contributed by atoms with Gasteiger partial charge < -0.3 is 54.6 Å². The fourth-order valence-corrected chi connectivity index (χ4v) is 4.58. The number of carboxylic acids is 1. The number of amides is 7. The van der Waals surface area contributed by atoms with Crippen LogP contribution < -0.4 is 49.5 Å². The van der Waals surface area contributed by atoms with Gasteiger partial charge in [-0.25, -0.2) is 4.79 Å². The Balaban J connectivity index is 6.19. The van der Waals surface area contributed by atoms with E-state index >= 15 is 0 Å². The number of carbonyl (C=O) groups excluding carboxylic acids is 7. The summed E-state index contributed by atoms with van der Waals surface area (Å²) in [6.45, 7) is 7.06. The SMILES string of the molecule is CCC(C)C(NC(=O)CN)C(=O)NC(CCCCN)C(=O)NC(CCC(N)=O)C(=O)NC(CC(C)C)C(=O)NC(CCC(N)=O)C(=O)O. The lowest BCUT2D eigenvalue weighted by Crippen LogP contribution is -2.59. The van der Waals surface area contributed by atoms with Gasteiger partial charge >= 0.3 is 5.97 Å². The van der Waals surface area contributed by atoms with Crippen molar-refractivity contribution in [3.8, 4) is 0 Å². The molecule has 0 fully saturated rings. The van der Waals surface area contributed by atoms with Gasteiger partial charge in [0.15, 0.2) is 0 Å². The summed E-state index contributed by atoms with van der Waals surface area (Å²) in [5, 5.41) is 22.1. The van der Waals surface area contributed by atoms with E-state index in [1.165, 1.54) is 0 Å². The molecule has 0 aliphatic rings. The lowest BCUT2D eigenvalue weighted by atomic mass is 9.97. The third-order valence-corrected chi connectivity index (χ3v) is 7.52. The van der Waals surface area contributed by atoms with Crippen molar-refractivity contribution in [1.29, 1.82) is 0 Å². The fourth-order valence-electron chi connectivity index (χ4n) is 4.58. The van der Waals surface area contributed by atoms with Crippen molar-refractivity contribution >= 4 is 47.3 Å². The molecule has 0 saturated carbocycles. The Bertz CT molecular complexity index is 1120. The minimum atomic E-state index is -1.46. The first-order valence-electron chi connectivity index (χ1n) is 16.2. The van der Waals surface area contributed by atoms with E-state index in [2.05, 4.69) is 26.6 Å². The van der Waals surface area contributed by atoms with Crippen LogP contribution in [-0.2, 0) is 38.4 Å². The van der Waals surface area contributed by atoms with E-state index in [-0.39, 0.29) is 56.9 Å². The van der Waals surface area contributed by atoms with E-state index in [1.54, 1.807) is 20.8 Å². The number of hydrogen-bond acceptors (Lipinski definition) is 10. The van der Waals surface area contributed by atoms with E-state index in [1.807, 2.05) is 6.92 Å². The molecule has 0 aromatic carbocycles. The van der Waals surface area contributed by atoms with Crippen molar-refractivity contribution in [1.82, 2.24) is 26.6 Å². The highest BCUT2D eigenvalue weighted by Gasteiger charge is 2.33. The van der Waals surface area contributed by atoms with Gasteiger partial charge in [0, 0.05) is 12.8 Å². The fraction of sp³-hybridized carbons (Fsp3) is 0.733. The Morgan fingerprint density at radius 1 is 0.625 bits per heavy atom. The monoisotopic (exact) mass is 685 g/mol. The van der Waals surface area contributed by atoms with Crippen LogP contribution in [0.3, 0.4) is 0 Å². The van der Waals surface area contributed by atoms with Gasteiger partial charge in [0.05, 0.1) is 6.54 Å². The van der Waals surface area contributed by atoms with Gasteiger partial charge in [0.25, 0.3) is 0 Å². The maximum absolute atomic E-state index is 13.6. The predicted octanol–water partition coefficient (Wildman–Crippen LogP) is -2.79. The summed E-state index contributed by atoms with van der Waals surface area (Å²) in [5.41, 5.74) is 21.4. The summed E-state index contributed by atoms with van der Waals surface area (Å²) in [4.78, 5) is 100. The molecule has 7 amide bonds. The largest absolute Gasteiger partial charge is 0.480 e. The normalized spacial score (nSPS) is 14.7. The van der Waals surface area contributed by atoms with Gasteiger partial charge in [-0.05, 0) is 56.9 Å². The molecule has 18 heteroatoms. The quantitative estimate of drug-likeness (QED) is 0.0438. The molecule has 6 atom stereocenters. The molecule has 0 aliphatic heterocycles. The van der Waals surface area contributed by atoms with Crippen LogP contribution in [0.1, 0.15) is 85.5 Å². The van der Waals surface area contributed by atoms with Crippen molar-refractivity contribution < 1.29 is 43.5 Å². The number of carboxylic acid groups (broad SMARTS) is 1. The zero-order valence-corrected chi connectivity index (χ0v) is 28.3. The second kappa shape index (κ2) is 23.1. The summed E-state index contributed by atoms with van der Waals surface area (Å²) >= 11 is 0. The molecule has 274 valence electrons. The van der Waals surface area contributed by atoms with Gasteiger partial charge in [0.1, 0.15) is 30.2 Å². The van der Waals surface area contributed by atoms with Crippen LogP contribution >= 0.6 is 0 Å². The number of nitrogens with one attached hydrogen (secondary N) is 5. The van der Waals surface area contributed by atoms with Gasteiger partial charge in [-0.2, -0.15) is 0 Å². The summed E-state index contributed by atoms with van der Waals surface area (Å²) in [6, 6.07) is -6.30. The summed E-state index contributed by atoms with van der Waals surface area (Å²) < 4.78 is 0. The zero-order chi connectivity index (χ0) is 37.0. The van der Waals surface area contributed by atoms with Gasteiger partial charge in [-0.1, -0.05) is 34.1 Å². The molecule has 6 unspecified atom stereocenters. The van der Waals surface area contributed by atoms with Gasteiger partial charge in [0.2, 0.25) is 41.4 Å². The minimum Gasteiger partial charge on any atom is -0.480 e. The molecular formula is C30H55N9O9. The summed E-state index contributed by atoms with van der Waals surface area (Å²) in [6.07, 6.45) is 0.494. The number of nitrogens with two attached hydrogens (primary N) is 4. The smallest absolute Gasteiger partial charge is 0.326 e. The van der Waals surface area contributed by atoms with E-state index in [0.29, 0.717) is 25.8 Å². The number of aliphatic carboxylic acids is 1. The second-order valence-corrected chi connectivity index (χ2v) is 12.1. The number of carbonyl (C=O) groups is 8. The van der Waals surface area contributed by atoms with Crippen LogP contribution in [0.25, 0.3) is 0 Å². The highest BCUT2D eigenvalue weighted by atomic mass is 16.4. The number of unbranched alkanes of at least 4 members (excludes halogenated alkanes) is 1. The molecule has 14 N–H and O–H groups in total. The number of primary amides is 2. The lowest BCUT2D eigenvalue weighted by Gasteiger charge is -2.28. The van der Waals surface area contributed by atoms with E-state index in [9.17, 15) is 43.5 Å². The first-order chi connectivity index (χ1) is 22.5. The molecule has 0 aromatic heterocycles. The van der Waals surface area contributed by atoms with Crippen molar-refractivity contribution in [2.75, 3.05) is 13.1 Å². The molecule has 0 rings (SSSR count). The Hall–Kier alpha value is -4.32. The van der Waals surface area contributed by atoms with Crippen molar-refractivity contribution in [2.45, 2.75) is 116 Å². The third-order valence-electron chi connectivity index (χ3n) is 7.52. The molecule has 18 nitrogen and oxygen atoms in total. The van der Waals surface area contributed by atoms with Crippen LogP contribution in [0.4, 0.5) is 0 Å². The Kier molecular flexibility index (Phi) is 21.0. The molecule has 0 spiro atoms. The summed E-state index contributed by atoms with van der Waals surface area (Å²) in [7, 11) is 0. The average molecular weight is 686 g/mol. The molecule has 0 radical (unpaired) electrons. The number of rotatable bonds is 25. The van der Waals surface area contributed by atoms with Crippen LogP contribution in [-0.4, -0.2) is 95.7 Å². The number of hydrogen-bond donors (Lipinski definition) is 10. The Labute approximate surface area is 281 Å². The first kappa shape index (κ1) is 43.7. The highest BCUT2D eigenvalue weighted by Crippen LogP contribution is 2.12. The third kappa shape index (κ3) is 17.6. The molecule has 0 heterocycles. The van der Waals surface area contributed by atoms with E-state index < -0.39 is 77.5 Å². The van der Waals surface area contributed by atoms with Crippen molar-refractivity contribution in [3.05, 3.63) is 0 Å². The minimum absolute atomic E-state index is 0.0690. The highest BCUT2D eigenvalue weighted by molar-refractivity contribution is 5.96. The van der Waals surface area contributed by atoms with Crippen LogP contribution in [0.5, 0.6) is 0 Å². The van der Waals surface area contributed by atoms with Crippen molar-refractivity contribution in [2.24, 2.45) is 34.8 Å². The van der Waals surface area contributed by atoms with Gasteiger partial charge in [-0.15, -0.1) is 0 Å². The average Bonchev–Trinajstić information content (AvgIpc) is 3.01. The Morgan fingerprint density at radius 3 is 1.54 bits per heavy atom. The molecular weight excluding hydrogens is 630 g/mol. The van der Waals surface area contributed by atoms with Gasteiger partial charge in [-0.3, -0.25) is 33.6 Å². The first-order valence-corrected chi connectivity index (χ1v) is 16.2. The second-order valence-electron chi connectivity index (χ2n) is 12.1. The van der Waals surface area contributed by atoms with Crippen molar-refractivity contribution in [3.63, 3.8) is 0 Å². The molecule has 0 bridgehead atoms. The molecule has 48 heavy (non-hydrogen) atoms. The topological polar surface area (TPSA) is 321 Å². The summed E-state index contributed by atoms with van der Waals surface area (Å²) in [5.74, 6) is -7.11. The standard InChI is InChI=1S/C30H55N9O9/c1-5-17(4)25(39-24(42)15-32)29(46)36-18(8-6-7-13-31)26(43)35-19(9-11-22(33)40)27(44)38-21(14-16(2)3)28(45)37-20(30(47)48)10-12-23(34)41/h16-21,25H,5-15,31-32H2,1-4H3,(H2,33,40)(H2,34,41)(H,35,43)(H,36,46)(H,37,45)(H,38,44)(H,39,42)(H,47,48). The van der Waals surface area contributed by atoms with Crippen LogP contribution in [0, 0.1) is 11.8 Å². The Morgan fingerprint density at radius 2 is 1.08 bits per heavy atom. The predicted molar refractivity (Wildman–Crippen MR) is 175 cm³/mol. The lowest BCUT2D eigenvalue weighted by molar-refractivity contribution is -0.142. The van der Waals surface area contributed by atoms with E-state index in [4.69, 9.17) is 22.9 Å². The van der Waals surface area contributed by atoms with E-state index in [0.717, 1.165) is 0 Å². The maximum atomic E-state index is 13.6. The maximum Gasteiger partial charge on any atom is 0.326 e. The van der Waals surface area contributed by atoms with Crippen LogP contribution in [0.15, 0.2) is 0 Å². The zero-order valence-electron chi connectivity index (χ0n) is 28.3. The molecule has 0 aliphatic carbocycles.